The van der Waals surface area contributed by atoms with Crippen LogP contribution in [0, 0.1) is 0 Å². The van der Waals surface area contributed by atoms with Crippen molar-refractivity contribution in [2.45, 2.75) is 45.2 Å². The summed E-state index contributed by atoms with van der Waals surface area (Å²) >= 11 is 0. The zero-order valence-corrected chi connectivity index (χ0v) is 24.9. The number of nitrogens with zero attached hydrogens (tertiary/aromatic N) is 3. The predicted molar refractivity (Wildman–Crippen MR) is 159 cm³/mol. The predicted octanol–water partition coefficient (Wildman–Crippen LogP) is 3.76. The van der Waals surface area contributed by atoms with E-state index in [1.807, 2.05) is 0 Å². The standard InChI is InChI=1S/C31H34F3N5O6/c1-3-43-27-11-19(23-7-6-21(45-31(33)34)12-24(23)30(42)39-16-20(32)17-39)10-26(36-27)37-28(40)25-9-18(15-38(2)29(25)41)13-35-14-22-5-4-8-44-22/h6-7,9-12,15,20,22,31,35H,3-5,8,13-14,16-17H2,1-2H3,(H,36,37,40)/t22-/m0/s1. The lowest BCUT2D eigenvalue weighted by atomic mass is 9.97. The second kappa shape index (κ2) is 14.1. The Morgan fingerprint density at radius 2 is 1.96 bits per heavy atom. The highest BCUT2D eigenvalue weighted by atomic mass is 19.3. The summed E-state index contributed by atoms with van der Waals surface area (Å²) in [4.78, 5) is 45.2. The van der Waals surface area contributed by atoms with Gasteiger partial charge in [0.2, 0.25) is 5.88 Å². The third-order valence-electron chi connectivity index (χ3n) is 7.43. The highest BCUT2D eigenvalue weighted by molar-refractivity contribution is 6.05. The Balaban J connectivity index is 1.43. The highest BCUT2D eigenvalue weighted by Gasteiger charge is 2.32. The topological polar surface area (TPSA) is 124 Å². The van der Waals surface area contributed by atoms with Gasteiger partial charge in [0.25, 0.3) is 17.4 Å². The number of aryl methyl sites for hydroxylation is 1. The summed E-state index contributed by atoms with van der Waals surface area (Å²) in [7, 11) is 1.55. The van der Waals surface area contributed by atoms with E-state index in [2.05, 4.69) is 20.4 Å². The summed E-state index contributed by atoms with van der Waals surface area (Å²) in [6.07, 6.45) is 2.60. The first-order valence-electron chi connectivity index (χ1n) is 14.6. The quantitative estimate of drug-likeness (QED) is 0.311. The normalized spacial score (nSPS) is 16.5. The monoisotopic (exact) mass is 629 g/mol. The van der Waals surface area contributed by atoms with Crippen molar-refractivity contribution in [2.24, 2.45) is 7.05 Å². The van der Waals surface area contributed by atoms with Crippen LogP contribution < -0.4 is 25.7 Å². The number of hydrogen-bond donors (Lipinski definition) is 2. The molecular weight excluding hydrogens is 595 g/mol. The molecule has 4 heterocycles. The van der Waals surface area contributed by atoms with Gasteiger partial charge < -0.3 is 34.3 Å². The van der Waals surface area contributed by atoms with Crippen molar-refractivity contribution in [3.05, 3.63) is 69.6 Å². The van der Waals surface area contributed by atoms with E-state index < -0.39 is 30.2 Å². The van der Waals surface area contributed by atoms with Gasteiger partial charge in [0.05, 0.1) is 31.4 Å². The molecular formula is C31H34F3N5O6. The molecule has 2 saturated heterocycles. The first kappa shape index (κ1) is 32.0. The Kier molecular flexibility index (Phi) is 10.0. The van der Waals surface area contributed by atoms with Gasteiger partial charge in [0.1, 0.15) is 23.3 Å². The minimum absolute atomic E-state index is 0.0111. The molecule has 0 radical (unpaired) electrons. The SMILES string of the molecule is CCOc1cc(-c2ccc(OC(F)F)cc2C(=O)N2CC(F)C2)cc(NC(=O)c2cc(CNC[C@@H]3CCCO3)cn(C)c2=O)n1. The van der Waals surface area contributed by atoms with E-state index in [0.717, 1.165) is 25.5 Å². The molecule has 1 atom stereocenters. The maximum atomic E-state index is 13.6. The van der Waals surface area contributed by atoms with E-state index in [1.54, 1.807) is 20.2 Å². The summed E-state index contributed by atoms with van der Waals surface area (Å²) in [5, 5.41) is 5.95. The second-order valence-corrected chi connectivity index (χ2v) is 10.8. The number of carbonyl (C=O) groups is 2. The van der Waals surface area contributed by atoms with E-state index >= 15 is 0 Å². The number of alkyl halides is 3. The number of halogens is 3. The summed E-state index contributed by atoms with van der Waals surface area (Å²) in [6.45, 7) is 0.391. The van der Waals surface area contributed by atoms with Crippen LogP contribution >= 0.6 is 0 Å². The second-order valence-electron chi connectivity index (χ2n) is 10.8. The van der Waals surface area contributed by atoms with Crippen LogP contribution in [0.25, 0.3) is 11.1 Å². The third kappa shape index (κ3) is 7.81. The summed E-state index contributed by atoms with van der Waals surface area (Å²) in [6, 6.07) is 8.34. The van der Waals surface area contributed by atoms with Crippen LogP contribution in [-0.4, -0.2) is 78.0 Å². The van der Waals surface area contributed by atoms with Crippen LogP contribution in [0.2, 0.25) is 0 Å². The number of pyridine rings is 2. The molecule has 2 fully saturated rings. The molecule has 2 aromatic heterocycles. The first-order chi connectivity index (χ1) is 21.6. The van der Waals surface area contributed by atoms with Crippen molar-refractivity contribution in [2.75, 3.05) is 38.2 Å². The van der Waals surface area contributed by atoms with Crippen LogP contribution in [0.15, 0.2) is 47.4 Å². The maximum absolute atomic E-state index is 13.6. The molecule has 2 aliphatic rings. The van der Waals surface area contributed by atoms with Gasteiger partial charge in [-0.1, -0.05) is 0 Å². The first-order valence-corrected chi connectivity index (χ1v) is 14.6. The molecule has 14 heteroatoms. The summed E-state index contributed by atoms with van der Waals surface area (Å²) < 4.78 is 56.5. The summed E-state index contributed by atoms with van der Waals surface area (Å²) in [5.74, 6) is -1.42. The van der Waals surface area contributed by atoms with Gasteiger partial charge in [-0.25, -0.2) is 4.39 Å². The van der Waals surface area contributed by atoms with E-state index in [1.165, 1.54) is 39.8 Å². The number of carbonyl (C=O) groups excluding carboxylic acids is 2. The molecule has 0 unspecified atom stereocenters. The van der Waals surface area contributed by atoms with E-state index in [9.17, 15) is 27.6 Å². The molecule has 240 valence electrons. The molecule has 3 aromatic rings. The van der Waals surface area contributed by atoms with Gasteiger partial charge >= 0.3 is 6.61 Å². The van der Waals surface area contributed by atoms with Crippen molar-refractivity contribution in [1.29, 1.82) is 0 Å². The van der Waals surface area contributed by atoms with Crippen molar-refractivity contribution in [3.8, 4) is 22.8 Å². The Labute approximate surface area is 257 Å². The fraction of sp³-hybridized carbons (Fsp3) is 0.419. The van der Waals surface area contributed by atoms with Crippen LogP contribution in [0.5, 0.6) is 11.6 Å². The van der Waals surface area contributed by atoms with Crippen LogP contribution in [-0.2, 0) is 18.3 Å². The summed E-state index contributed by atoms with van der Waals surface area (Å²) in [5.41, 5.74) is 0.726. The molecule has 5 rings (SSSR count). The van der Waals surface area contributed by atoms with E-state index in [-0.39, 0.29) is 59.9 Å². The molecule has 2 N–H and O–H groups in total. The minimum atomic E-state index is -3.12. The van der Waals surface area contributed by atoms with Crippen LogP contribution in [0.4, 0.5) is 19.0 Å². The van der Waals surface area contributed by atoms with Gasteiger partial charge in [-0.15, -0.1) is 0 Å². The number of ether oxygens (including phenoxy) is 3. The molecule has 0 bridgehead atoms. The van der Waals surface area contributed by atoms with Crippen molar-refractivity contribution < 1.29 is 37.0 Å². The fourth-order valence-corrected chi connectivity index (χ4v) is 5.24. The van der Waals surface area contributed by atoms with Gasteiger partial charge in [-0.05, 0) is 66.8 Å². The number of rotatable bonds is 12. The van der Waals surface area contributed by atoms with Gasteiger partial charge in [0, 0.05) is 39.0 Å². The lowest BCUT2D eigenvalue weighted by Crippen LogP contribution is -2.51. The average Bonchev–Trinajstić information content (AvgIpc) is 3.50. The zero-order chi connectivity index (χ0) is 32.1. The van der Waals surface area contributed by atoms with E-state index in [0.29, 0.717) is 24.2 Å². The zero-order valence-electron chi connectivity index (χ0n) is 24.9. The number of amides is 2. The molecule has 0 aliphatic carbocycles. The molecule has 45 heavy (non-hydrogen) atoms. The van der Waals surface area contributed by atoms with Gasteiger partial charge in [-0.2, -0.15) is 13.8 Å². The fourth-order valence-electron chi connectivity index (χ4n) is 5.24. The molecule has 11 nitrogen and oxygen atoms in total. The van der Waals surface area contributed by atoms with Gasteiger partial charge in [-0.3, -0.25) is 14.4 Å². The largest absolute Gasteiger partial charge is 0.478 e. The lowest BCUT2D eigenvalue weighted by molar-refractivity contribution is -0.0499. The van der Waals surface area contributed by atoms with Crippen LogP contribution in [0.1, 0.15) is 46.0 Å². The number of likely N-dealkylation sites (tertiary alicyclic amines) is 1. The Morgan fingerprint density at radius 1 is 1.16 bits per heavy atom. The third-order valence-corrected chi connectivity index (χ3v) is 7.43. The van der Waals surface area contributed by atoms with E-state index in [4.69, 9.17) is 9.47 Å². The Hall–Kier alpha value is -4.43. The van der Waals surface area contributed by atoms with Crippen molar-refractivity contribution >= 4 is 17.6 Å². The average molecular weight is 630 g/mol. The molecule has 0 spiro atoms. The molecule has 1 aromatic carbocycles. The lowest BCUT2D eigenvalue weighted by Gasteiger charge is -2.34. The van der Waals surface area contributed by atoms with Gasteiger partial charge in [0.15, 0.2) is 0 Å². The molecule has 2 amide bonds. The molecule has 2 aliphatic heterocycles. The van der Waals surface area contributed by atoms with Crippen molar-refractivity contribution in [1.82, 2.24) is 19.8 Å². The number of nitrogens with one attached hydrogen (secondary N) is 2. The Morgan fingerprint density at radius 3 is 2.64 bits per heavy atom. The Bertz CT molecular complexity index is 1610. The molecule has 0 saturated carbocycles. The highest BCUT2D eigenvalue weighted by Crippen LogP contribution is 2.33. The number of aromatic nitrogens is 2. The minimum Gasteiger partial charge on any atom is -0.478 e. The number of benzene rings is 1. The number of anilines is 1. The smallest absolute Gasteiger partial charge is 0.387 e. The number of hydrogen-bond acceptors (Lipinski definition) is 8. The van der Waals surface area contributed by atoms with Crippen LogP contribution in [0.3, 0.4) is 0 Å². The van der Waals surface area contributed by atoms with Crippen molar-refractivity contribution in [3.63, 3.8) is 0 Å². The maximum Gasteiger partial charge on any atom is 0.387 e.